The van der Waals surface area contributed by atoms with Crippen LogP contribution in [0.2, 0.25) is 0 Å². The van der Waals surface area contributed by atoms with Crippen LogP contribution in [0, 0.1) is 10.1 Å². The Morgan fingerprint density at radius 2 is 2.08 bits per heavy atom. The van der Waals surface area contributed by atoms with Crippen molar-refractivity contribution in [3.05, 3.63) is 39.4 Å². The lowest BCUT2D eigenvalue weighted by Crippen LogP contribution is -2.49. The molecule has 2 fully saturated rings. The predicted octanol–water partition coefficient (Wildman–Crippen LogP) is 1.28. The first kappa shape index (κ1) is 16.9. The summed E-state index contributed by atoms with van der Waals surface area (Å²) in [6.07, 6.45) is 1.56. The highest BCUT2D eigenvalue weighted by Gasteiger charge is 2.31. The molecule has 2 saturated heterocycles. The lowest BCUT2D eigenvalue weighted by atomic mass is 10.1. The summed E-state index contributed by atoms with van der Waals surface area (Å²) < 4.78 is 0. The third kappa shape index (κ3) is 3.42. The molecule has 0 saturated carbocycles. The van der Waals surface area contributed by atoms with Crippen molar-refractivity contribution in [2.75, 3.05) is 39.3 Å². The first-order valence-corrected chi connectivity index (χ1v) is 8.61. The van der Waals surface area contributed by atoms with Crippen LogP contribution in [0.3, 0.4) is 0 Å². The third-order valence-electron chi connectivity index (χ3n) is 5.03. The van der Waals surface area contributed by atoms with E-state index in [2.05, 4.69) is 10.2 Å². The first-order chi connectivity index (χ1) is 11.6. The van der Waals surface area contributed by atoms with Crippen molar-refractivity contribution in [1.82, 2.24) is 15.1 Å². The van der Waals surface area contributed by atoms with Crippen LogP contribution in [0.5, 0.6) is 0 Å². The molecule has 24 heavy (non-hydrogen) atoms. The maximum atomic E-state index is 12.7. The van der Waals surface area contributed by atoms with E-state index >= 15 is 0 Å². The number of aryl methyl sites for hydroxylation is 1. The number of benzene rings is 1. The Bertz CT molecular complexity index is 628. The quantitative estimate of drug-likeness (QED) is 0.664. The van der Waals surface area contributed by atoms with Gasteiger partial charge < -0.3 is 10.2 Å². The van der Waals surface area contributed by atoms with Gasteiger partial charge in [-0.3, -0.25) is 19.8 Å². The van der Waals surface area contributed by atoms with Crippen LogP contribution < -0.4 is 5.32 Å². The average Bonchev–Trinajstić information content (AvgIpc) is 3.11. The maximum absolute atomic E-state index is 12.7. The Morgan fingerprint density at radius 1 is 1.33 bits per heavy atom. The van der Waals surface area contributed by atoms with Gasteiger partial charge in [-0.15, -0.1) is 0 Å². The number of amides is 1. The Labute approximate surface area is 141 Å². The van der Waals surface area contributed by atoms with E-state index in [1.807, 2.05) is 11.8 Å². The standard InChI is InChI=1S/C17H24N4O3/c1-2-13-3-4-14(11-16(13)21(23)24)17(22)20-8-5-15(12-20)19-9-6-18-7-10-19/h3-4,11,15,18H,2,5-10,12H2,1H3. The van der Waals surface area contributed by atoms with Gasteiger partial charge in [0.15, 0.2) is 0 Å². The molecule has 3 rings (SSSR count). The molecular weight excluding hydrogens is 308 g/mol. The van der Waals surface area contributed by atoms with Gasteiger partial charge in [-0.05, 0) is 18.9 Å². The zero-order valence-corrected chi connectivity index (χ0v) is 14.0. The molecule has 1 aromatic rings. The Balaban J connectivity index is 1.70. The minimum absolute atomic E-state index is 0.0428. The predicted molar refractivity (Wildman–Crippen MR) is 91.2 cm³/mol. The Morgan fingerprint density at radius 3 is 2.75 bits per heavy atom. The zero-order valence-electron chi connectivity index (χ0n) is 14.0. The smallest absolute Gasteiger partial charge is 0.273 e. The van der Waals surface area contributed by atoms with E-state index in [1.54, 1.807) is 12.1 Å². The van der Waals surface area contributed by atoms with Crippen molar-refractivity contribution in [3.8, 4) is 0 Å². The molecule has 0 aromatic heterocycles. The number of hydrogen-bond donors (Lipinski definition) is 1. The van der Waals surface area contributed by atoms with E-state index in [-0.39, 0.29) is 11.6 Å². The van der Waals surface area contributed by atoms with Crippen molar-refractivity contribution in [2.45, 2.75) is 25.8 Å². The van der Waals surface area contributed by atoms with Crippen LogP contribution in [0.4, 0.5) is 5.69 Å². The molecular formula is C17H24N4O3. The lowest BCUT2D eigenvalue weighted by Gasteiger charge is -2.32. The lowest BCUT2D eigenvalue weighted by molar-refractivity contribution is -0.385. The van der Waals surface area contributed by atoms with Gasteiger partial charge in [0.05, 0.1) is 4.92 Å². The highest BCUT2D eigenvalue weighted by molar-refractivity contribution is 5.95. The summed E-state index contributed by atoms with van der Waals surface area (Å²) in [7, 11) is 0. The van der Waals surface area contributed by atoms with Gasteiger partial charge in [0, 0.05) is 62.5 Å². The second-order valence-electron chi connectivity index (χ2n) is 6.43. The van der Waals surface area contributed by atoms with Crippen molar-refractivity contribution in [3.63, 3.8) is 0 Å². The molecule has 2 aliphatic heterocycles. The number of nitro benzene ring substituents is 1. The fourth-order valence-electron chi connectivity index (χ4n) is 3.62. The monoisotopic (exact) mass is 332 g/mol. The second kappa shape index (κ2) is 7.27. The number of hydrogen-bond acceptors (Lipinski definition) is 5. The first-order valence-electron chi connectivity index (χ1n) is 8.61. The molecule has 7 heteroatoms. The van der Waals surface area contributed by atoms with E-state index in [1.165, 1.54) is 6.07 Å². The van der Waals surface area contributed by atoms with Gasteiger partial charge >= 0.3 is 0 Å². The van der Waals surface area contributed by atoms with Crippen LogP contribution in [-0.4, -0.2) is 65.9 Å². The van der Waals surface area contributed by atoms with Gasteiger partial charge in [-0.25, -0.2) is 0 Å². The number of piperazine rings is 1. The topological polar surface area (TPSA) is 78.7 Å². The van der Waals surface area contributed by atoms with Gasteiger partial charge in [0.2, 0.25) is 0 Å². The fourth-order valence-corrected chi connectivity index (χ4v) is 3.62. The van der Waals surface area contributed by atoms with Crippen LogP contribution in [0.15, 0.2) is 18.2 Å². The number of nitro groups is 1. The molecule has 130 valence electrons. The zero-order chi connectivity index (χ0) is 17.1. The van der Waals surface area contributed by atoms with Crippen molar-refractivity contribution < 1.29 is 9.72 Å². The molecule has 2 heterocycles. The largest absolute Gasteiger partial charge is 0.337 e. The van der Waals surface area contributed by atoms with Crippen LogP contribution in [-0.2, 0) is 6.42 Å². The highest BCUT2D eigenvalue weighted by atomic mass is 16.6. The summed E-state index contributed by atoms with van der Waals surface area (Å²) in [5, 5.41) is 14.5. The van der Waals surface area contributed by atoms with Crippen molar-refractivity contribution in [2.24, 2.45) is 0 Å². The van der Waals surface area contributed by atoms with E-state index < -0.39 is 4.92 Å². The number of nitrogens with one attached hydrogen (secondary N) is 1. The fraction of sp³-hybridized carbons (Fsp3) is 0.588. The molecule has 1 unspecified atom stereocenters. The van der Waals surface area contributed by atoms with Gasteiger partial charge in [0.25, 0.3) is 11.6 Å². The van der Waals surface area contributed by atoms with E-state index in [9.17, 15) is 14.9 Å². The minimum Gasteiger partial charge on any atom is -0.337 e. The molecule has 0 radical (unpaired) electrons. The third-order valence-corrected chi connectivity index (χ3v) is 5.03. The van der Waals surface area contributed by atoms with E-state index in [0.29, 0.717) is 30.1 Å². The minimum atomic E-state index is -0.400. The van der Waals surface area contributed by atoms with Gasteiger partial charge in [-0.2, -0.15) is 0 Å². The summed E-state index contributed by atoms with van der Waals surface area (Å²) in [4.78, 5) is 27.8. The summed E-state index contributed by atoms with van der Waals surface area (Å²) in [6, 6.07) is 5.25. The molecule has 1 amide bonds. The second-order valence-corrected chi connectivity index (χ2v) is 6.43. The summed E-state index contributed by atoms with van der Waals surface area (Å²) >= 11 is 0. The summed E-state index contributed by atoms with van der Waals surface area (Å²) in [5.74, 6) is -0.0987. The van der Waals surface area contributed by atoms with Crippen LogP contribution in [0.1, 0.15) is 29.3 Å². The molecule has 7 nitrogen and oxygen atoms in total. The van der Waals surface area contributed by atoms with Crippen LogP contribution in [0.25, 0.3) is 0 Å². The van der Waals surface area contributed by atoms with Gasteiger partial charge in [0.1, 0.15) is 0 Å². The molecule has 1 N–H and O–H groups in total. The van der Waals surface area contributed by atoms with Gasteiger partial charge in [-0.1, -0.05) is 13.0 Å². The molecule has 1 atom stereocenters. The number of carbonyl (C=O) groups excluding carboxylic acids is 1. The highest BCUT2D eigenvalue weighted by Crippen LogP contribution is 2.24. The normalized spacial score (nSPS) is 21.9. The van der Waals surface area contributed by atoms with Crippen LogP contribution >= 0.6 is 0 Å². The number of carbonyl (C=O) groups is 1. The molecule has 0 aliphatic carbocycles. The maximum Gasteiger partial charge on any atom is 0.273 e. The summed E-state index contributed by atoms with van der Waals surface area (Å²) in [6.45, 7) is 7.33. The molecule has 1 aromatic carbocycles. The Kier molecular flexibility index (Phi) is 5.11. The average molecular weight is 332 g/mol. The number of rotatable bonds is 4. The van der Waals surface area contributed by atoms with E-state index in [0.717, 1.165) is 39.1 Å². The van der Waals surface area contributed by atoms with Crippen molar-refractivity contribution in [1.29, 1.82) is 0 Å². The Hall–Kier alpha value is -1.99. The molecule has 2 aliphatic rings. The van der Waals surface area contributed by atoms with E-state index in [4.69, 9.17) is 0 Å². The summed E-state index contributed by atoms with van der Waals surface area (Å²) in [5.41, 5.74) is 1.12. The number of nitrogens with zero attached hydrogens (tertiary/aromatic N) is 3. The SMILES string of the molecule is CCc1ccc(C(=O)N2CCC(N3CCNCC3)C2)cc1[N+](=O)[O-]. The molecule has 0 spiro atoms. The molecule has 0 bridgehead atoms. The number of likely N-dealkylation sites (tertiary alicyclic amines) is 1. The van der Waals surface area contributed by atoms with Crippen molar-refractivity contribution >= 4 is 11.6 Å².